The quantitative estimate of drug-likeness (QED) is 0.456. The van der Waals surface area contributed by atoms with E-state index in [9.17, 15) is 4.79 Å². The van der Waals surface area contributed by atoms with Crippen LogP contribution in [0.4, 0.5) is 4.79 Å². The average Bonchev–Trinajstić information content (AvgIpc) is 2.38. The van der Waals surface area contributed by atoms with E-state index < -0.39 is 6.09 Å². The van der Waals surface area contributed by atoms with E-state index in [1.54, 1.807) is 4.90 Å². The first kappa shape index (κ1) is 13.2. The Morgan fingerprint density at radius 1 is 1.24 bits per heavy atom. The zero-order valence-corrected chi connectivity index (χ0v) is 10.5. The molecule has 17 heavy (non-hydrogen) atoms. The first-order valence-electron chi connectivity index (χ1n) is 5.75. The lowest BCUT2D eigenvalue weighted by Gasteiger charge is -2.15. The highest BCUT2D eigenvalue weighted by Gasteiger charge is 2.10. The molecule has 92 valence electrons. The standard InChI is InChI=1S/C13H18N2O2/c1-4-15(5-2)13(16)17-14-11(3)12-9-7-6-8-10-12/h6-10H,4-5H2,1-3H3/b14-11-. The lowest BCUT2D eigenvalue weighted by molar-refractivity contribution is 0.109. The molecule has 0 saturated heterocycles. The van der Waals surface area contributed by atoms with Crippen LogP contribution in [-0.2, 0) is 4.84 Å². The Balaban J connectivity index is 2.62. The van der Waals surface area contributed by atoms with Crippen LogP contribution in [0.3, 0.4) is 0 Å². The highest BCUT2D eigenvalue weighted by Crippen LogP contribution is 2.02. The van der Waals surface area contributed by atoms with Gasteiger partial charge in [-0.1, -0.05) is 35.5 Å². The van der Waals surface area contributed by atoms with Crippen molar-refractivity contribution < 1.29 is 9.63 Å². The van der Waals surface area contributed by atoms with Gasteiger partial charge in [0.25, 0.3) is 0 Å². The van der Waals surface area contributed by atoms with E-state index in [0.29, 0.717) is 18.8 Å². The minimum absolute atomic E-state index is 0.412. The normalized spacial score (nSPS) is 11.1. The van der Waals surface area contributed by atoms with Crippen LogP contribution in [0.25, 0.3) is 0 Å². The molecular formula is C13H18N2O2. The third kappa shape index (κ3) is 3.90. The van der Waals surface area contributed by atoms with Crippen molar-refractivity contribution in [3.05, 3.63) is 35.9 Å². The van der Waals surface area contributed by atoms with Crippen molar-refractivity contribution in [2.75, 3.05) is 13.1 Å². The lowest BCUT2D eigenvalue weighted by atomic mass is 10.1. The summed E-state index contributed by atoms with van der Waals surface area (Å²) in [7, 11) is 0. The summed E-state index contributed by atoms with van der Waals surface area (Å²) >= 11 is 0. The van der Waals surface area contributed by atoms with Gasteiger partial charge in [0.2, 0.25) is 0 Å². The number of benzene rings is 1. The molecular weight excluding hydrogens is 216 g/mol. The van der Waals surface area contributed by atoms with Crippen LogP contribution in [0.2, 0.25) is 0 Å². The summed E-state index contributed by atoms with van der Waals surface area (Å²) in [6.45, 7) is 6.85. The SMILES string of the molecule is CCN(CC)C(=O)O/N=C(/C)c1ccccc1. The molecule has 0 aliphatic rings. The van der Waals surface area contributed by atoms with E-state index >= 15 is 0 Å². The lowest BCUT2D eigenvalue weighted by Crippen LogP contribution is -2.30. The maximum Gasteiger partial charge on any atom is 0.435 e. The molecule has 1 aromatic rings. The maximum absolute atomic E-state index is 11.5. The van der Waals surface area contributed by atoms with Crippen molar-refractivity contribution in [3.8, 4) is 0 Å². The number of oxime groups is 1. The number of hydrogen-bond donors (Lipinski definition) is 0. The molecule has 1 aromatic carbocycles. The minimum Gasteiger partial charge on any atom is -0.307 e. The smallest absolute Gasteiger partial charge is 0.307 e. The van der Waals surface area contributed by atoms with Gasteiger partial charge in [0.05, 0.1) is 5.71 Å². The molecule has 0 heterocycles. The van der Waals surface area contributed by atoms with Gasteiger partial charge in [-0.05, 0) is 26.3 Å². The molecule has 0 atom stereocenters. The summed E-state index contributed by atoms with van der Waals surface area (Å²) in [5, 5.41) is 3.84. The molecule has 0 aromatic heterocycles. The van der Waals surface area contributed by atoms with Crippen molar-refractivity contribution >= 4 is 11.8 Å². The maximum atomic E-state index is 11.5. The fourth-order valence-corrected chi connectivity index (χ4v) is 1.38. The highest BCUT2D eigenvalue weighted by molar-refractivity contribution is 5.98. The van der Waals surface area contributed by atoms with Gasteiger partial charge >= 0.3 is 6.09 Å². The van der Waals surface area contributed by atoms with Crippen molar-refractivity contribution in [3.63, 3.8) is 0 Å². The zero-order chi connectivity index (χ0) is 12.7. The molecule has 0 aliphatic carbocycles. The van der Waals surface area contributed by atoms with Gasteiger partial charge in [0.15, 0.2) is 0 Å². The summed E-state index contributed by atoms with van der Waals surface area (Å²) in [5.41, 5.74) is 1.63. The Kier molecular flexibility index (Phi) is 5.20. The van der Waals surface area contributed by atoms with Gasteiger partial charge in [-0.3, -0.25) is 4.84 Å². The highest BCUT2D eigenvalue weighted by atomic mass is 16.7. The van der Waals surface area contributed by atoms with Gasteiger partial charge in [-0.15, -0.1) is 0 Å². The van der Waals surface area contributed by atoms with Crippen LogP contribution in [0, 0.1) is 0 Å². The van der Waals surface area contributed by atoms with E-state index in [4.69, 9.17) is 4.84 Å². The monoisotopic (exact) mass is 234 g/mol. The molecule has 1 amide bonds. The molecule has 0 N–H and O–H groups in total. The Bertz CT molecular complexity index is 384. The van der Waals surface area contributed by atoms with E-state index in [2.05, 4.69) is 5.16 Å². The Morgan fingerprint density at radius 2 is 1.82 bits per heavy atom. The van der Waals surface area contributed by atoms with Crippen molar-refractivity contribution in [2.45, 2.75) is 20.8 Å². The predicted molar refractivity (Wildman–Crippen MR) is 68.1 cm³/mol. The number of carbonyl (C=O) groups excluding carboxylic acids is 1. The van der Waals surface area contributed by atoms with Gasteiger partial charge in [0, 0.05) is 13.1 Å². The van der Waals surface area contributed by atoms with E-state index in [0.717, 1.165) is 5.56 Å². The van der Waals surface area contributed by atoms with Gasteiger partial charge < -0.3 is 4.90 Å². The molecule has 4 nitrogen and oxygen atoms in total. The zero-order valence-electron chi connectivity index (χ0n) is 10.5. The van der Waals surface area contributed by atoms with Crippen LogP contribution in [0.15, 0.2) is 35.5 Å². The third-order valence-electron chi connectivity index (χ3n) is 2.47. The fourth-order valence-electron chi connectivity index (χ4n) is 1.38. The second kappa shape index (κ2) is 6.68. The number of nitrogens with zero attached hydrogens (tertiary/aromatic N) is 2. The van der Waals surface area contributed by atoms with E-state index in [1.165, 1.54) is 0 Å². The minimum atomic E-state index is -0.412. The Labute approximate surface area is 102 Å². The molecule has 0 bridgehead atoms. The van der Waals surface area contributed by atoms with Crippen LogP contribution >= 0.6 is 0 Å². The molecule has 4 heteroatoms. The summed E-state index contributed by atoms with van der Waals surface area (Å²) < 4.78 is 0. The summed E-state index contributed by atoms with van der Waals surface area (Å²) in [6, 6.07) is 9.61. The summed E-state index contributed by atoms with van der Waals surface area (Å²) in [4.78, 5) is 18.0. The molecule has 0 fully saturated rings. The van der Waals surface area contributed by atoms with E-state index in [1.807, 2.05) is 51.1 Å². The molecule has 0 unspecified atom stereocenters. The van der Waals surface area contributed by atoms with Gasteiger partial charge in [-0.25, -0.2) is 4.79 Å². The summed E-state index contributed by atoms with van der Waals surface area (Å²) in [6.07, 6.45) is -0.412. The second-order valence-electron chi connectivity index (χ2n) is 3.57. The third-order valence-corrected chi connectivity index (χ3v) is 2.47. The fraction of sp³-hybridized carbons (Fsp3) is 0.385. The molecule has 0 saturated carbocycles. The van der Waals surface area contributed by atoms with Crippen LogP contribution < -0.4 is 0 Å². The van der Waals surface area contributed by atoms with Crippen molar-refractivity contribution in [1.29, 1.82) is 0 Å². The van der Waals surface area contributed by atoms with Crippen LogP contribution in [0.1, 0.15) is 26.3 Å². The second-order valence-corrected chi connectivity index (χ2v) is 3.57. The number of carbonyl (C=O) groups is 1. The molecule has 0 aliphatic heterocycles. The van der Waals surface area contributed by atoms with Crippen molar-refractivity contribution in [1.82, 2.24) is 4.90 Å². The Morgan fingerprint density at radius 3 is 2.35 bits per heavy atom. The summed E-state index contributed by atoms with van der Waals surface area (Å²) in [5.74, 6) is 0. The number of amides is 1. The van der Waals surface area contributed by atoms with Crippen molar-refractivity contribution in [2.24, 2.45) is 5.16 Å². The average molecular weight is 234 g/mol. The molecule has 1 rings (SSSR count). The predicted octanol–water partition coefficient (Wildman–Crippen LogP) is 2.89. The topological polar surface area (TPSA) is 41.9 Å². The van der Waals surface area contributed by atoms with Gasteiger partial charge in [0.1, 0.15) is 0 Å². The number of hydrogen-bond acceptors (Lipinski definition) is 3. The largest absolute Gasteiger partial charge is 0.435 e. The number of rotatable bonds is 4. The Hall–Kier alpha value is -1.84. The molecule has 0 radical (unpaired) electrons. The first-order chi connectivity index (χ1) is 8.19. The van der Waals surface area contributed by atoms with Gasteiger partial charge in [-0.2, -0.15) is 0 Å². The first-order valence-corrected chi connectivity index (χ1v) is 5.75. The van der Waals surface area contributed by atoms with Crippen LogP contribution in [0.5, 0.6) is 0 Å². The van der Waals surface area contributed by atoms with E-state index in [-0.39, 0.29) is 0 Å². The van der Waals surface area contributed by atoms with Crippen LogP contribution in [-0.4, -0.2) is 29.8 Å². The molecule has 0 spiro atoms.